The van der Waals surface area contributed by atoms with E-state index in [1.807, 2.05) is 73.1 Å². The predicted molar refractivity (Wildman–Crippen MR) is 148 cm³/mol. The molecule has 0 spiro atoms. The first-order valence-corrected chi connectivity index (χ1v) is 12.7. The Morgan fingerprint density at radius 2 is 1.76 bits per heavy atom. The molecule has 192 valence electrons. The van der Waals surface area contributed by atoms with E-state index in [0.717, 1.165) is 39.1 Å². The lowest BCUT2D eigenvalue weighted by molar-refractivity contribution is -0.122. The summed E-state index contributed by atoms with van der Waals surface area (Å²) in [7, 11) is 0. The summed E-state index contributed by atoms with van der Waals surface area (Å²) in [4.78, 5) is 39.7. The van der Waals surface area contributed by atoms with E-state index in [9.17, 15) is 14.4 Å². The van der Waals surface area contributed by atoms with E-state index < -0.39 is 17.8 Å². The van der Waals surface area contributed by atoms with Crippen molar-refractivity contribution in [2.75, 3.05) is 11.5 Å². The fourth-order valence-corrected chi connectivity index (χ4v) is 4.59. The van der Waals surface area contributed by atoms with Gasteiger partial charge >= 0.3 is 6.03 Å². The van der Waals surface area contributed by atoms with Gasteiger partial charge in [0, 0.05) is 27.7 Å². The summed E-state index contributed by atoms with van der Waals surface area (Å²) in [6.07, 6.45) is 4.25. The van der Waals surface area contributed by atoms with Gasteiger partial charge in [-0.15, -0.1) is 0 Å². The molecule has 1 saturated heterocycles. The molecule has 0 radical (unpaired) electrons. The van der Waals surface area contributed by atoms with E-state index in [-0.39, 0.29) is 5.57 Å². The topological polar surface area (TPSA) is 80.6 Å². The Kier molecular flexibility index (Phi) is 7.03. The fourth-order valence-electron chi connectivity index (χ4n) is 4.47. The smallest absolute Gasteiger partial charge is 0.335 e. The number of benzene rings is 3. The molecule has 1 N–H and O–H groups in total. The first-order chi connectivity index (χ1) is 18.4. The number of aryl methyl sites for hydroxylation is 2. The van der Waals surface area contributed by atoms with Crippen LogP contribution < -0.4 is 15.0 Å². The van der Waals surface area contributed by atoms with Gasteiger partial charge < -0.3 is 9.30 Å². The van der Waals surface area contributed by atoms with Crippen molar-refractivity contribution in [2.24, 2.45) is 0 Å². The zero-order valence-corrected chi connectivity index (χ0v) is 21.8. The van der Waals surface area contributed by atoms with Gasteiger partial charge in [0.15, 0.2) is 0 Å². The highest BCUT2D eigenvalue weighted by molar-refractivity contribution is 6.39. The van der Waals surface area contributed by atoms with Crippen molar-refractivity contribution in [2.45, 2.75) is 26.8 Å². The van der Waals surface area contributed by atoms with Gasteiger partial charge in [-0.25, -0.2) is 9.69 Å². The number of urea groups is 1. The van der Waals surface area contributed by atoms with Crippen molar-refractivity contribution < 1.29 is 19.1 Å². The van der Waals surface area contributed by atoms with Crippen molar-refractivity contribution in [1.29, 1.82) is 0 Å². The maximum absolute atomic E-state index is 13.4. The zero-order chi connectivity index (χ0) is 26.8. The number of hydrogen-bond acceptors (Lipinski definition) is 4. The number of rotatable bonds is 7. The number of barbiturate groups is 1. The number of fused-ring (bicyclic) bond motifs is 1. The molecule has 0 unspecified atom stereocenters. The maximum Gasteiger partial charge on any atom is 0.335 e. The number of amides is 4. The number of nitrogens with one attached hydrogen (secondary N) is 1. The summed E-state index contributed by atoms with van der Waals surface area (Å²) in [5.41, 5.74) is 3.93. The summed E-state index contributed by atoms with van der Waals surface area (Å²) in [5.74, 6) is -0.659. The molecule has 0 atom stereocenters. The third-order valence-corrected chi connectivity index (χ3v) is 6.98. The van der Waals surface area contributed by atoms with Crippen molar-refractivity contribution >= 4 is 52.1 Å². The second-order valence-corrected chi connectivity index (χ2v) is 9.44. The van der Waals surface area contributed by atoms with Gasteiger partial charge in [-0.1, -0.05) is 48.9 Å². The lowest BCUT2D eigenvalue weighted by Gasteiger charge is -2.26. The van der Waals surface area contributed by atoms with Crippen LogP contribution in [0.2, 0.25) is 5.02 Å². The predicted octanol–water partition coefficient (Wildman–Crippen LogP) is 5.91. The van der Waals surface area contributed by atoms with E-state index in [4.69, 9.17) is 16.3 Å². The molecular weight excluding hydrogens is 502 g/mol. The number of aromatic nitrogens is 1. The number of hydrogen-bond donors (Lipinski definition) is 1. The van der Waals surface area contributed by atoms with Crippen molar-refractivity contribution in [1.82, 2.24) is 9.88 Å². The number of carbonyl (C=O) groups is 3. The maximum atomic E-state index is 13.4. The van der Waals surface area contributed by atoms with Crippen molar-refractivity contribution in [3.8, 4) is 5.75 Å². The second kappa shape index (κ2) is 10.6. The Morgan fingerprint density at radius 1 is 1.00 bits per heavy atom. The number of para-hydroxylation sites is 1. The van der Waals surface area contributed by atoms with E-state index in [0.29, 0.717) is 29.4 Å². The standard InChI is InChI=1S/C30H26ClN3O4/c1-3-20-8-10-22(11-9-20)34-29(36)25(28(35)32-30(34)37)17-21-18-33(27-7-5-4-6-24(21)27)14-15-38-23-12-13-26(31)19(2)16-23/h4-13,16-18H,3,14-15H2,1-2H3,(H,32,35,37)/b25-17-. The number of imide groups is 2. The number of carbonyl (C=O) groups excluding carboxylic acids is 3. The molecule has 0 bridgehead atoms. The molecule has 0 saturated carbocycles. The van der Waals surface area contributed by atoms with E-state index in [1.165, 1.54) is 0 Å². The van der Waals surface area contributed by atoms with Crippen molar-refractivity contribution in [3.63, 3.8) is 0 Å². The third-order valence-electron chi connectivity index (χ3n) is 6.55. The van der Waals surface area contributed by atoms with E-state index in [1.54, 1.807) is 24.3 Å². The minimum Gasteiger partial charge on any atom is -0.492 e. The van der Waals surface area contributed by atoms with Gasteiger partial charge in [-0.3, -0.25) is 14.9 Å². The average molecular weight is 528 g/mol. The molecule has 2 heterocycles. The molecule has 1 aliphatic rings. The van der Waals surface area contributed by atoms with Crippen LogP contribution in [0.1, 0.15) is 23.6 Å². The summed E-state index contributed by atoms with van der Waals surface area (Å²) in [5, 5.41) is 3.86. The molecule has 0 aliphatic carbocycles. The molecular formula is C30H26ClN3O4. The van der Waals surface area contributed by atoms with Crippen LogP contribution in [0, 0.1) is 6.92 Å². The van der Waals surface area contributed by atoms with Crippen LogP contribution in [-0.2, 0) is 22.6 Å². The zero-order valence-electron chi connectivity index (χ0n) is 21.0. The normalized spacial score (nSPS) is 14.9. The summed E-state index contributed by atoms with van der Waals surface area (Å²) in [6, 6.07) is 19.6. The van der Waals surface area contributed by atoms with E-state index in [2.05, 4.69) is 5.32 Å². The summed E-state index contributed by atoms with van der Waals surface area (Å²) >= 11 is 6.10. The summed E-state index contributed by atoms with van der Waals surface area (Å²) < 4.78 is 7.94. The Balaban J connectivity index is 1.43. The average Bonchev–Trinajstić information content (AvgIpc) is 3.26. The molecule has 1 aliphatic heterocycles. The number of halogens is 1. The lowest BCUT2D eigenvalue weighted by Crippen LogP contribution is -2.54. The van der Waals surface area contributed by atoms with Crippen LogP contribution in [-0.4, -0.2) is 29.0 Å². The summed E-state index contributed by atoms with van der Waals surface area (Å²) in [6.45, 7) is 4.89. The first-order valence-electron chi connectivity index (χ1n) is 12.3. The van der Waals surface area contributed by atoms with Crippen LogP contribution in [0.5, 0.6) is 5.75 Å². The lowest BCUT2D eigenvalue weighted by atomic mass is 10.1. The molecule has 3 aromatic carbocycles. The first kappa shape index (κ1) is 25.3. The van der Waals surface area contributed by atoms with E-state index >= 15 is 0 Å². The quantitative estimate of drug-likeness (QED) is 0.239. The van der Waals surface area contributed by atoms with Crippen LogP contribution in [0.3, 0.4) is 0 Å². The Hall–Kier alpha value is -4.36. The SMILES string of the molecule is CCc1ccc(N2C(=O)NC(=O)/C(=C/c3cn(CCOc4ccc(Cl)c(C)c4)c4ccccc34)C2=O)cc1. The van der Waals surface area contributed by atoms with Gasteiger partial charge in [-0.2, -0.15) is 0 Å². The van der Waals surface area contributed by atoms with Crippen molar-refractivity contribution in [3.05, 3.63) is 100 Å². The molecule has 5 rings (SSSR count). The van der Waals surface area contributed by atoms with Crippen LogP contribution in [0.15, 0.2) is 78.5 Å². The van der Waals surface area contributed by atoms with Crippen LogP contribution in [0.4, 0.5) is 10.5 Å². The van der Waals surface area contributed by atoms with Gasteiger partial charge in [0.05, 0.1) is 12.2 Å². The minimum atomic E-state index is -0.765. The van der Waals surface area contributed by atoms with Gasteiger partial charge in [0.25, 0.3) is 11.8 Å². The minimum absolute atomic E-state index is 0.111. The van der Waals surface area contributed by atoms with Gasteiger partial charge in [0.1, 0.15) is 17.9 Å². The molecule has 4 aromatic rings. The third kappa shape index (κ3) is 4.93. The van der Waals surface area contributed by atoms with Gasteiger partial charge in [-0.05, 0) is 66.9 Å². The monoisotopic (exact) mass is 527 g/mol. The molecule has 1 fully saturated rings. The van der Waals surface area contributed by atoms with Crippen LogP contribution in [0.25, 0.3) is 17.0 Å². The molecule has 7 nitrogen and oxygen atoms in total. The highest BCUT2D eigenvalue weighted by Gasteiger charge is 2.37. The van der Waals surface area contributed by atoms with Crippen LogP contribution >= 0.6 is 11.6 Å². The Labute approximate surface area is 225 Å². The molecule has 38 heavy (non-hydrogen) atoms. The number of ether oxygens (including phenoxy) is 1. The Bertz CT molecular complexity index is 1590. The fraction of sp³-hybridized carbons (Fsp3) is 0.167. The molecule has 4 amide bonds. The molecule has 8 heteroatoms. The number of anilines is 1. The number of nitrogens with zero attached hydrogens (tertiary/aromatic N) is 2. The largest absolute Gasteiger partial charge is 0.492 e. The highest BCUT2D eigenvalue weighted by Crippen LogP contribution is 2.27. The highest BCUT2D eigenvalue weighted by atomic mass is 35.5. The van der Waals surface area contributed by atoms with Gasteiger partial charge in [0.2, 0.25) is 0 Å². The Morgan fingerprint density at radius 3 is 2.50 bits per heavy atom. The second-order valence-electron chi connectivity index (χ2n) is 9.03. The molecule has 1 aromatic heterocycles.